The minimum Gasteiger partial charge on any atom is -0.393 e. The molecule has 0 amide bonds. The Morgan fingerprint density at radius 3 is 2.63 bits per heavy atom. The fourth-order valence-electron chi connectivity index (χ4n) is 4.02. The van der Waals surface area contributed by atoms with Crippen LogP contribution in [0.2, 0.25) is 5.02 Å². The Balaban J connectivity index is 1.27. The van der Waals surface area contributed by atoms with Crippen molar-refractivity contribution in [3.8, 4) is 22.5 Å². The van der Waals surface area contributed by atoms with Crippen LogP contribution in [-0.2, 0) is 23.2 Å². The third-order valence-corrected chi connectivity index (χ3v) is 6.57. The number of carbonyl (C=O) groups is 1. The predicted octanol–water partition coefficient (Wildman–Crippen LogP) is 5.99. The third-order valence-electron chi connectivity index (χ3n) is 6.26. The molecular formula is C26H21ClFN5O2. The summed E-state index contributed by atoms with van der Waals surface area (Å²) in [6, 6.07) is 13.0. The van der Waals surface area contributed by atoms with Gasteiger partial charge in [0.25, 0.3) is 5.69 Å². The van der Waals surface area contributed by atoms with E-state index in [0.29, 0.717) is 34.2 Å². The Morgan fingerprint density at radius 1 is 1.23 bits per heavy atom. The first-order chi connectivity index (χ1) is 16.8. The number of carbonyl (C=O) groups excluding carboxylic acids is 1. The average molecular weight is 490 g/mol. The lowest BCUT2D eigenvalue weighted by Gasteiger charge is -2.11. The second-order valence-corrected chi connectivity index (χ2v) is 9.40. The number of nitrogens with two attached hydrogens (primary N) is 1. The highest BCUT2D eigenvalue weighted by molar-refractivity contribution is 6.33. The molecular weight excluding hydrogens is 469 g/mol. The van der Waals surface area contributed by atoms with Gasteiger partial charge in [-0.2, -0.15) is 5.10 Å². The zero-order valence-electron chi connectivity index (χ0n) is 18.9. The van der Waals surface area contributed by atoms with Crippen LogP contribution in [0.25, 0.3) is 27.4 Å². The van der Waals surface area contributed by atoms with Crippen LogP contribution in [-0.4, -0.2) is 20.7 Å². The van der Waals surface area contributed by atoms with Crippen molar-refractivity contribution >= 4 is 28.9 Å². The molecule has 0 spiro atoms. The van der Waals surface area contributed by atoms with Crippen LogP contribution in [0.4, 0.5) is 15.9 Å². The number of rotatable bonds is 7. The lowest BCUT2D eigenvalue weighted by atomic mass is 10.0. The summed E-state index contributed by atoms with van der Waals surface area (Å²) in [7, 11) is 0. The second-order valence-electron chi connectivity index (χ2n) is 8.99. The quantitative estimate of drug-likeness (QED) is 0.322. The van der Waals surface area contributed by atoms with Gasteiger partial charge in [0.15, 0.2) is 0 Å². The highest BCUT2D eigenvalue weighted by Crippen LogP contribution is 2.47. The number of halogens is 2. The molecule has 2 aromatic heterocycles. The van der Waals surface area contributed by atoms with Gasteiger partial charge in [0, 0.05) is 18.1 Å². The molecule has 0 aliphatic heterocycles. The Bertz CT molecular complexity index is 1480. The van der Waals surface area contributed by atoms with Gasteiger partial charge in [0.2, 0.25) is 0 Å². The summed E-state index contributed by atoms with van der Waals surface area (Å²) in [6.45, 7) is 9.62. The van der Waals surface area contributed by atoms with Gasteiger partial charge in [-0.25, -0.2) is 9.24 Å². The van der Waals surface area contributed by atoms with E-state index in [0.717, 1.165) is 24.0 Å². The van der Waals surface area contributed by atoms with Crippen molar-refractivity contribution in [2.24, 2.45) is 0 Å². The molecule has 0 radical (unpaired) electrons. The first kappa shape index (κ1) is 22.8. The van der Waals surface area contributed by atoms with Crippen molar-refractivity contribution in [1.29, 1.82) is 0 Å². The molecule has 2 aromatic carbocycles. The third kappa shape index (κ3) is 4.43. The summed E-state index contributed by atoms with van der Waals surface area (Å²) in [4.78, 5) is 16.2. The standard InChI is InChI=1S/C26H21ClFN5O2/c1-26(9-10-26)33-25(29)24(30-2)23(31-33)16-5-3-15(4-6-16)11-18(34)13-19-14-22(32-35-19)20-8-7-17(28)12-21(20)27/h3-8,12,14H,9-11,13,29H2,1H3. The number of hydrogen-bond donors (Lipinski definition) is 1. The summed E-state index contributed by atoms with van der Waals surface area (Å²) >= 11 is 6.08. The zero-order chi connectivity index (χ0) is 24.7. The van der Waals surface area contributed by atoms with E-state index in [2.05, 4.69) is 22.0 Å². The van der Waals surface area contributed by atoms with E-state index in [1.807, 2.05) is 24.3 Å². The molecule has 35 heavy (non-hydrogen) atoms. The van der Waals surface area contributed by atoms with E-state index in [9.17, 15) is 9.18 Å². The molecule has 2 N–H and O–H groups in total. The first-order valence-corrected chi connectivity index (χ1v) is 11.4. The highest BCUT2D eigenvalue weighted by Gasteiger charge is 2.42. The van der Waals surface area contributed by atoms with Crippen LogP contribution in [0, 0.1) is 12.4 Å². The van der Waals surface area contributed by atoms with Crippen molar-refractivity contribution in [3.05, 3.63) is 82.1 Å². The van der Waals surface area contributed by atoms with Crippen LogP contribution in [0.3, 0.4) is 0 Å². The van der Waals surface area contributed by atoms with Crippen molar-refractivity contribution in [2.45, 2.75) is 38.1 Å². The highest BCUT2D eigenvalue weighted by atomic mass is 35.5. The first-order valence-electron chi connectivity index (χ1n) is 11.1. The Morgan fingerprint density at radius 2 is 1.97 bits per heavy atom. The topological polar surface area (TPSA) is 91.3 Å². The predicted molar refractivity (Wildman–Crippen MR) is 131 cm³/mol. The van der Waals surface area contributed by atoms with Crippen molar-refractivity contribution in [2.75, 3.05) is 5.73 Å². The van der Waals surface area contributed by atoms with Crippen molar-refractivity contribution < 1.29 is 13.7 Å². The molecule has 1 saturated carbocycles. The Kier molecular flexibility index (Phi) is 5.65. The molecule has 5 rings (SSSR count). The monoisotopic (exact) mass is 489 g/mol. The fourth-order valence-corrected chi connectivity index (χ4v) is 4.28. The maximum atomic E-state index is 13.3. The molecule has 7 nitrogen and oxygen atoms in total. The van der Waals surface area contributed by atoms with Crippen LogP contribution >= 0.6 is 11.6 Å². The van der Waals surface area contributed by atoms with Gasteiger partial charge in [0.1, 0.15) is 34.6 Å². The molecule has 4 aromatic rings. The van der Waals surface area contributed by atoms with Crippen molar-refractivity contribution in [1.82, 2.24) is 14.9 Å². The average Bonchev–Trinajstić information content (AvgIpc) is 3.24. The van der Waals surface area contributed by atoms with Gasteiger partial charge in [-0.15, -0.1) is 0 Å². The van der Waals surface area contributed by atoms with E-state index < -0.39 is 5.82 Å². The maximum Gasteiger partial charge on any atom is 0.254 e. The van der Waals surface area contributed by atoms with Crippen LogP contribution in [0.15, 0.2) is 53.1 Å². The van der Waals surface area contributed by atoms with Crippen LogP contribution < -0.4 is 5.73 Å². The summed E-state index contributed by atoms with van der Waals surface area (Å²) in [5.74, 6) is 0.298. The number of hydrogen-bond acceptors (Lipinski definition) is 5. The van der Waals surface area contributed by atoms with Crippen LogP contribution in [0.1, 0.15) is 31.1 Å². The smallest absolute Gasteiger partial charge is 0.254 e. The Hall–Kier alpha value is -3.96. The number of benzene rings is 2. The van der Waals surface area contributed by atoms with Gasteiger partial charge >= 0.3 is 0 Å². The molecule has 0 unspecified atom stereocenters. The molecule has 176 valence electrons. The van der Waals surface area contributed by atoms with Gasteiger partial charge < -0.3 is 10.3 Å². The summed E-state index contributed by atoms with van der Waals surface area (Å²) < 4.78 is 20.3. The summed E-state index contributed by atoms with van der Waals surface area (Å²) in [6.07, 6.45) is 2.24. The molecule has 9 heteroatoms. The lowest BCUT2D eigenvalue weighted by Crippen LogP contribution is -2.16. The van der Waals surface area contributed by atoms with E-state index in [1.54, 1.807) is 10.7 Å². The summed E-state index contributed by atoms with van der Waals surface area (Å²) in [5, 5.41) is 8.80. The molecule has 0 saturated heterocycles. The normalized spacial score (nSPS) is 14.0. The summed E-state index contributed by atoms with van der Waals surface area (Å²) in [5.41, 5.74) is 9.57. The fraction of sp³-hybridized carbons (Fsp3) is 0.231. The van der Waals surface area contributed by atoms with Crippen molar-refractivity contribution in [3.63, 3.8) is 0 Å². The van der Waals surface area contributed by atoms with E-state index in [-0.39, 0.29) is 29.2 Å². The number of aromatic nitrogens is 3. The number of nitrogens with zero attached hydrogens (tertiary/aromatic N) is 4. The molecule has 0 atom stereocenters. The Labute approximate surface area is 206 Å². The number of nitrogen functional groups attached to an aromatic ring is 1. The second kappa shape index (κ2) is 8.67. The number of anilines is 1. The zero-order valence-corrected chi connectivity index (χ0v) is 19.6. The van der Waals surface area contributed by atoms with Gasteiger partial charge in [-0.1, -0.05) is 41.0 Å². The number of Topliss-reactive ketones (excluding diaryl/α,β-unsaturated/α-hetero) is 1. The molecule has 2 heterocycles. The van der Waals surface area contributed by atoms with Gasteiger partial charge in [-0.3, -0.25) is 9.48 Å². The molecule has 1 aliphatic carbocycles. The van der Waals surface area contributed by atoms with E-state index in [4.69, 9.17) is 28.4 Å². The van der Waals surface area contributed by atoms with Gasteiger partial charge in [-0.05, 0) is 49.1 Å². The van der Waals surface area contributed by atoms with E-state index >= 15 is 0 Å². The maximum absolute atomic E-state index is 13.3. The minimum absolute atomic E-state index is 0.0531. The van der Waals surface area contributed by atoms with E-state index in [1.165, 1.54) is 18.2 Å². The van der Waals surface area contributed by atoms with Gasteiger partial charge in [0.05, 0.1) is 23.6 Å². The minimum atomic E-state index is -0.442. The SMILES string of the molecule is [C-]#[N+]c1c(-c2ccc(CC(=O)Cc3cc(-c4ccc(F)cc4Cl)no3)cc2)nn(C2(C)CC2)c1N. The van der Waals surface area contributed by atoms with Crippen LogP contribution in [0.5, 0.6) is 0 Å². The molecule has 1 fully saturated rings. The molecule has 1 aliphatic rings. The lowest BCUT2D eigenvalue weighted by molar-refractivity contribution is -0.118. The largest absolute Gasteiger partial charge is 0.393 e. The number of ketones is 1. The molecule has 0 bridgehead atoms.